The van der Waals surface area contributed by atoms with E-state index in [0.717, 1.165) is 37.1 Å². The van der Waals surface area contributed by atoms with Crippen molar-refractivity contribution in [1.82, 2.24) is 19.7 Å². The summed E-state index contributed by atoms with van der Waals surface area (Å²) < 4.78 is 7.30. The number of amidine groups is 1. The predicted molar refractivity (Wildman–Crippen MR) is 119 cm³/mol. The van der Waals surface area contributed by atoms with Gasteiger partial charge in [0.15, 0.2) is 0 Å². The number of benzene rings is 1. The molecule has 1 saturated heterocycles. The number of rotatable bonds is 5. The fraction of sp³-hybridized carbons (Fsp3) is 0.318. The number of nitrogen functional groups attached to an aromatic ring is 1. The van der Waals surface area contributed by atoms with Crippen LogP contribution in [0.2, 0.25) is 0 Å². The van der Waals surface area contributed by atoms with Gasteiger partial charge < -0.3 is 21.1 Å². The van der Waals surface area contributed by atoms with Crippen LogP contribution in [0.15, 0.2) is 53.9 Å². The number of hydrogen-bond donors (Lipinski definition) is 2. The summed E-state index contributed by atoms with van der Waals surface area (Å²) in [5.41, 5.74) is 15.5. The summed E-state index contributed by atoms with van der Waals surface area (Å²) >= 11 is 0. The molecule has 1 aliphatic rings. The standard InChI is InChI=1S/C22H27N7O/c1-28-8-6-18(7-9-28)29-14-16(13-26-29)15-10-20(21(23)25-12-15)22(24)27-17-4-3-5-19(11-17)30-2/h3-5,10-14,18H,6-9H2,1-2H3,(H2,23,25)(H2,24,27). The Bertz CT molecular complexity index is 1050. The molecule has 0 atom stereocenters. The topological polar surface area (TPSA) is 108 Å². The van der Waals surface area contributed by atoms with Gasteiger partial charge in [-0.15, -0.1) is 0 Å². The van der Waals surface area contributed by atoms with Gasteiger partial charge in [0.05, 0.1) is 30.6 Å². The third-order valence-electron chi connectivity index (χ3n) is 5.49. The highest BCUT2D eigenvalue weighted by Crippen LogP contribution is 2.27. The summed E-state index contributed by atoms with van der Waals surface area (Å²) in [6.07, 6.45) is 7.88. The molecule has 1 aliphatic heterocycles. The number of piperidine rings is 1. The molecule has 8 nitrogen and oxygen atoms in total. The number of methoxy groups -OCH3 is 1. The van der Waals surface area contributed by atoms with Crippen molar-refractivity contribution in [3.8, 4) is 16.9 Å². The Morgan fingerprint density at radius 3 is 2.73 bits per heavy atom. The lowest BCUT2D eigenvalue weighted by molar-refractivity contribution is 0.212. The Hall–Kier alpha value is -3.39. The number of aromatic nitrogens is 3. The van der Waals surface area contributed by atoms with E-state index in [-0.39, 0.29) is 0 Å². The van der Waals surface area contributed by atoms with E-state index in [2.05, 4.69) is 37.9 Å². The van der Waals surface area contributed by atoms with Crippen LogP contribution in [-0.4, -0.2) is 52.7 Å². The molecule has 3 aromatic rings. The highest BCUT2D eigenvalue weighted by molar-refractivity contribution is 6.03. The molecule has 4 rings (SSSR count). The molecule has 156 valence electrons. The van der Waals surface area contributed by atoms with E-state index in [1.807, 2.05) is 36.5 Å². The molecule has 0 spiro atoms. The number of nitrogens with two attached hydrogens (primary N) is 2. The minimum atomic E-state index is 0.304. The number of likely N-dealkylation sites (tertiary alicyclic amines) is 1. The molecule has 0 amide bonds. The molecule has 1 fully saturated rings. The van der Waals surface area contributed by atoms with Gasteiger partial charge in [-0.2, -0.15) is 5.10 Å². The third kappa shape index (κ3) is 4.28. The summed E-state index contributed by atoms with van der Waals surface area (Å²) in [7, 11) is 3.77. The number of nitrogens with zero attached hydrogens (tertiary/aromatic N) is 5. The van der Waals surface area contributed by atoms with Crippen molar-refractivity contribution in [2.24, 2.45) is 10.7 Å². The normalized spacial score (nSPS) is 16.0. The molecule has 8 heteroatoms. The highest BCUT2D eigenvalue weighted by atomic mass is 16.5. The van der Waals surface area contributed by atoms with Crippen molar-refractivity contribution in [2.45, 2.75) is 18.9 Å². The van der Waals surface area contributed by atoms with Crippen LogP contribution in [-0.2, 0) is 0 Å². The van der Waals surface area contributed by atoms with E-state index < -0.39 is 0 Å². The monoisotopic (exact) mass is 405 g/mol. The average Bonchev–Trinajstić information content (AvgIpc) is 3.25. The van der Waals surface area contributed by atoms with E-state index >= 15 is 0 Å². The maximum Gasteiger partial charge on any atom is 0.135 e. The molecule has 0 unspecified atom stereocenters. The number of anilines is 1. The largest absolute Gasteiger partial charge is 0.497 e. The lowest BCUT2D eigenvalue weighted by Gasteiger charge is -2.28. The smallest absolute Gasteiger partial charge is 0.135 e. The third-order valence-corrected chi connectivity index (χ3v) is 5.49. The van der Waals surface area contributed by atoms with Gasteiger partial charge in [0.2, 0.25) is 0 Å². The van der Waals surface area contributed by atoms with Gasteiger partial charge in [-0.25, -0.2) is 9.98 Å². The fourth-order valence-electron chi connectivity index (χ4n) is 3.66. The Kier molecular flexibility index (Phi) is 5.67. The van der Waals surface area contributed by atoms with Gasteiger partial charge in [-0.05, 0) is 51.2 Å². The molecule has 0 aliphatic carbocycles. The van der Waals surface area contributed by atoms with Crippen LogP contribution in [0.1, 0.15) is 24.4 Å². The Morgan fingerprint density at radius 2 is 1.97 bits per heavy atom. The van der Waals surface area contributed by atoms with Crippen LogP contribution in [0.5, 0.6) is 5.75 Å². The number of pyridine rings is 1. The van der Waals surface area contributed by atoms with Crippen LogP contribution >= 0.6 is 0 Å². The summed E-state index contributed by atoms with van der Waals surface area (Å²) in [6, 6.07) is 9.72. The molecule has 0 saturated carbocycles. The van der Waals surface area contributed by atoms with Gasteiger partial charge in [0.25, 0.3) is 0 Å². The zero-order valence-electron chi connectivity index (χ0n) is 17.3. The molecular weight excluding hydrogens is 378 g/mol. The maximum atomic E-state index is 6.27. The van der Waals surface area contributed by atoms with Gasteiger partial charge in [-0.1, -0.05) is 6.07 Å². The second kappa shape index (κ2) is 8.54. The molecule has 30 heavy (non-hydrogen) atoms. The SMILES string of the molecule is COc1cccc(N=C(N)c2cc(-c3cnn(C4CCN(C)CC4)c3)cnc2N)c1. The van der Waals surface area contributed by atoms with Gasteiger partial charge in [-0.3, -0.25) is 4.68 Å². The van der Waals surface area contributed by atoms with Crippen LogP contribution in [0, 0.1) is 0 Å². The number of hydrogen-bond acceptors (Lipinski definition) is 6. The van der Waals surface area contributed by atoms with Crippen LogP contribution < -0.4 is 16.2 Å². The molecule has 3 heterocycles. The van der Waals surface area contributed by atoms with Gasteiger partial charge in [0.1, 0.15) is 17.4 Å². The van der Waals surface area contributed by atoms with E-state index in [4.69, 9.17) is 16.2 Å². The average molecular weight is 406 g/mol. The minimum Gasteiger partial charge on any atom is -0.497 e. The summed E-state index contributed by atoms with van der Waals surface area (Å²) in [4.78, 5) is 11.2. The van der Waals surface area contributed by atoms with E-state index in [1.54, 1.807) is 13.3 Å². The van der Waals surface area contributed by atoms with Gasteiger partial charge >= 0.3 is 0 Å². The van der Waals surface area contributed by atoms with Crippen molar-refractivity contribution in [3.63, 3.8) is 0 Å². The number of ether oxygens (including phenoxy) is 1. The highest BCUT2D eigenvalue weighted by Gasteiger charge is 2.19. The minimum absolute atomic E-state index is 0.304. The second-order valence-corrected chi connectivity index (χ2v) is 7.60. The first-order valence-corrected chi connectivity index (χ1v) is 10.0. The molecule has 0 bridgehead atoms. The van der Waals surface area contributed by atoms with E-state index in [0.29, 0.717) is 34.7 Å². The van der Waals surface area contributed by atoms with E-state index in [9.17, 15) is 0 Å². The lowest BCUT2D eigenvalue weighted by Crippen LogP contribution is -2.31. The Morgan fingerprint density at radius 1 is 1.17 bits per heavy atom. The summed E-state index contributed by atoms with van der Waals surface area (Å²) in [6.45, 7) is 2.18. The van der Waals surface area contributed by atoms with Crippen LogP contribution in [0.25, 0.3) is 11.1 Å². The first-order valence-electron chi connectivity index (χ1n) is 10.0. The van der Waals surface area contributed by atoms with Crippen molar-refractivity contribution in [3.05, 3.63) is 54.5 Å². The molecule has 0 radical (unpaired) electrons. The summed E-state index contributed by atoms with van der Waals surface area (Å²) in [5.74, 6) is 1.36. The number of aliphatic imine (C=N–C) groups is 1. The molecular formula is C22H27N7O. The molecule has 1 aromatic carbocycles. The van der Waals surface area contributed by atoms with Crippen molar-refractivity contribution >= 4 is 17.3 Å². The Balaban J connectivity index is 1.60. The van der Waals surface area contributed by atoms with Crippen LogP contribution in [0.3, 0.4) is 0 Å². The fourth-order valence-corrected chi connectivity index (χ4v) is 3.66. The quantitative estimate of drug-likeness (QED) is 0.499. The maximum absolute atomic E-state index is 6.27. The zero-order chi connectivity index (χ0) is 21.1. The molecule has 2 aromatic heterocycles. The zero-order valence-corrected chi connectivity index (χ0v) is 17.3. The first-order chi connectivity index (χ1) is 14.5. The second-order valence-electron chi connectivity index (χ2n) is 7.60. The van der Waals surface area contributed by atoms with Crippen LogP contribution in [0.4, 0.5) is 11.5 Å². The molecule has 4 N–H and O–H groups in total. The summed E-state index contributed by atoms with van der Waals surface area (Å²) in [5, 5.41) is 4.59. The van der Waals surface area contributed by atoms with Crippen molar-refractivity contribution < 1.29 is 4.74 Å². The van der Waals surface area contributed by atoms with Gasteiger partial charge in [0, 0.05) is 29.6 Å². The van der Waals surface area contributed by atoms with E-state index in [1.165, 1.54) is 0 Å². The van der Waals surface area contributed by atoms with Crippen molar-refractivity contribution in [1.29, 1.82) is 0 Å². The van der Waals surface area contributed by atoms with Crippen molar-refractivity contribution in [2.75, 3.05) is 33.0 Å². The first kappa shape index (κ1) is 19.9. The Labute approximate surface area is 176 Å². The predicted octanol–water partition coefficient (Wildman–Crippen LogP) is 2.84. The lowest BCUT2D eigenvalue weighted by atomic mass is 10.1.